The lowest BCUT2D eigenvalue weighted by atomic mass is 9.77. The van der Waals surface area contributed by atoms with Gasteiger partial charge in [0.25, 0.3) is 0 Å². The fraction of sp³-hybridized carbons (Fsp3) is 0.125. The van der Waals surface area contributed by atoms with Crippen LogP contribution in [-0.2, 0) is 18.5 Å². The molecule has 1 N–H and O–H groups in total. The smallest absolute Gasteiger partial charge is 0.263 e. The van der Waals surface area contributed by atoms with Gasteiger partial charge in [0.1, 0.15) is 10.9 Å². The van der Waals surface area contributed by atoms with E-state index in [1.807, 2.05) is 11.6 Å². The quantitative estimate of drug-likeness (QED) is 0.138. The van der Waals surface area contributed by atoms with Crippen LogP contribution in [0.3, 0.4) is 0 Å². The van der Waals surface area contributed by atoms with Gasteiger partial charge in [-0.05, 0) is 36.1 Å². The summed E-state index contributed by atoms with van der Waals surface area (Å²) in [5, 5.41) is 17.2. The summed E-state index contributed by atoms with van der Waals surface area (Å²) in [5.41, 5.74) is 8.91. The predicted octanol–water partition coefficient (Wildman–Crippen LogP) is 7.03. The Morgan fingerprint density at radius 2 is 1.25 bits per heavy atom. The minimum atomic E-state index is -0.779. The summed E-state index contributed by atoms with van der Waals surface area (Å²) in [5.74, 6) is 1.50. The molecule has 48 heavy (non-hydrogen) atoms. The zero-order valence-electron chi connectivity index (χ0n) is 26.9. The van der Waals surface area contributed by atoms with E-state index in [2.05, 4.69) is 182 Å². The SMILES string of the molecule is CCc1cc2nc(C)nn2n1Cc1ccc(-c2ccccc2-c2nn[nH][n+]2C(c2ccccc2)(c2ccccc2)c2ccccc2)cc1. The molecule has 0 aliphatic heterocycles. The summed E-state index contributed by atoms with van der Waals surface area (Å²) in [4.78, 5) is 4.57. The number of rotatable bonds is 9. The number of aryl methyl sites for hydroxylation is 2. The van der Waals surface area contributed by atoms with Gasteiger partial charge in [0, 0.05) is 28.5 Å². The summed E-state index contributed by atoms with van der Waals surface area (Å²) >= 11 is 0. The van der Waals surface area contributed by atoms with E-state index in [1.165, 1.54) is 11.3 Å². The molecule has 8 aromatic rings. The maximum absolute atomic E-state index is 4.77. The van der Waals surface area contributed by atoms with Crippen molar-refractivity contribution in [1.82, 2.24) is 34.9 Å². The minimum Gasteiger partial charge on any atom is -0.263 e. The average molecular weight is 628 g/mol. The van der Waals surface area contributed by atoms with Crippen LogP contribution in [0.4, 0.5) is 0 Å². The number of aromatic amines is 1. The highest BCUT2D eigenvalue weighted by atomic mass is 15.6. The third-order valence-electron chi connectivity index (χ3n) is 9.12. The van der Waals surface area contributed by atoms with Gasteiger partial charge in [0.2, 0.25) is 0 Å². The Labute approximate surface area is 278 Å². The molecule has 8 rings (SSSR count). The fourth-order valence-electron chi connectivity index (χ4n) is 6.92. The molecule has 0 atom stereocenters. The molecule has 5 aromatic carbocycles. The number of nitrogens with zero attached hydrogens (tertiary/aromatic N) is 7. The van der Waals surface area contributed by atoms with E-state index in [1.54, 1.807) is 0 Å². The Bertz CT molecular complexity index is 2200. The molecule has 0 amide bonds. The van der Waals surface area contributed by atoms with E-state index in [9.17, 15) is 0 Å². The highest BCUT2D eigenvalue weighted by Crippen LogP contribution is 2.38. The first kappa shape index (κ1) is 29.3. The number of fused-ring (bicyclic) bond motifs is 1. The maximum Gasteiger partial charge on any atom is 0.334 e. The normalized spacial score (nSPS) is 11.7. The van der Waals surface area contributed by atoms with E-state index < -0.39 is 5.54 Å². The van der Waals surface area contributed by atoms with Crippen LogP contribution in [0.2, 0.25) is 0 Å². The van der Waals surface area contributed by atoms with Crippen molar-refractivity contribution in [2.75, 3.05) is 0 Å². The molecular formula is C40H35N8+. The van der Waals surface area contributed by atoms with Gasteiger partial charge >= 0.3 is 5.82 Å². The van der Waals surface area contributed by atoms with Crippen LogP contribution >= 0.6 is 0 Å². The molecule has 3 aromatic heterocycles. The fourth-order valence-corrected chi connectivity index (χ4v) is 6.92. The molecule has 0 aliphatic carbocycles. The summed E-state index contributed by atoms with van der Waals surface area (Å²) < 4.78 is 6.23. The number of nitrogens with one attached hydrogen (secondary N) is 1. The molecule has 3 heterocycles. The Morgan fingerprint density at radius 1 is 0.688 bits per heavy atom. The second-order valence-corrected chi connectivity index (χ2v) is 12.0. The van der Waals surface area contributed by atoms with E-state index in [-0.39, 0.29) is 0 Å². The van der Waals surface area contributed by atoms with E-state index in [0.29, 0.717) is 6.54 Å². The summed E-state index contributed by atoms with van der Waals surface area (Å²) in [6.45, 7) is 4.79. The van der Waals surface area contributed by atoms with E-state index >= 15 is 0 Å². The van der Waals surface area contributed by atoms with Gasteiger partial charge in [0.15, 0.2) is 16.4 Å². The molecule has 0 bridgehead atoms. The van der Waals surface area contributed by atoms with Crippen LogP contribution in [0.5, 0.6) is 0 Å². The van der Waals surface area contributed by atoms with Crippen LogP contribution in [0.25, 0.3) is 28.2 Å². The topological polar surface area (TPSA) is 80.6 Å². The highest BCUT2D eigenvalue weighted by Gasteiger charge is 2.46. The Kier molecular flexibility index (Phi) is 7.45. The number of benzene rings is 5. The standard InChI is InChI=1S/C40H34N8/c1-3-35-27-38-41-29(2)43-48(38)46(35)28-30-23-25-31(26-24-30)36-21-13-14-22-37(36)39-42-44-45-47(39)40(32-15-7-4-8-16-32,33-17-9-5-10-18-33)34-19-11-6-12-20-34/h4-27H,3,28H2,1-2H3/p+1. The van der Waals surface area contributed by atoms with Crippen LogP contribution in [0, 0.1) is 6.92 Å². The van der Waals surface area contributed by atoms with Crippen LogP contribution in [-0.4, -0.2) is 34.9 Å². The number of H-pyrrole nitrogens is 1. The zero-order chi connectivity index (χ0) is 32.5. The second-order valence-electron chi connectivity index (χ2n) is 12.0. The first-order valence-electron chi connectivity index (χ1n) is 16.3. The molecule has 0 unspecified atom stereocenters. The lowest BCUT2D eigenvalue weighted by Gasteiger charge is -2.33. The molecule has 0 spiro atoms. The zero-order valence-corrected chi connectivity index (χ0v) is 26.9. The summed E-state index contributed by atoms with van der Waals surface area (Å²) in [6.07, 6.45) is 0.906. The third kappa shape index (κ3) is 4.89. The Balaban J connectivity index is 1.25. The van der Waals surface area contributed by atoms with Gasteiger partial charge in [-0.3, -0.25) is 4.68 Å². The maximum atomic E-state index is 4.77. The van der Waals surface area contributed by atoms with Crippen molar-refractivity contribution in [2.24, 2.45) is 0 Å². The molecular weight excluding hydrogens is 592 g/mol. The first-order chi connectivity index (χ1) is 23.7. The van der Waals surface area contributed by atoms with Gasteiger partial charge in [0.05, 0.1) is 12.1 Å². The lowest BCUT2D eigenvalue weighted by Crippen LogP contribution is -2.61. The summed E-state index contributed by atoms with van der Waals surface area (Å²) in [6, 6.07) is 51.0. The van der Waals surface area contributed by atoms with E-state index in [0.717, 1.165) is 57.1 Å². The third-order valence-corrected chi connectivity index (χ3v) is 9.12. The second kappa shape index (κ2) is 12.2. The number of aromatic nitrogens is 8. The molecule has 0 saturated carbocycles. The van der Waals surface area contributed by atoms with Crippen molar-refractivity contribution in [3.8, 4) is 22.5 Å². The van der Waals surface area contributed by atoms with Gasteiger partial charge in [-0.25, -0.2) is 4.98 Å². The summed E-state index contributed by atoms with van der Waals surface area (Å²) in [7, 11) is 0. The number of hydrogen-bond acceptors (Lipinski definition) is 4. The monoisotopic (exact) mass is 627 g/mol. The Morgan fingerprint density at radius 3 is 1.83 bits per heavy atom. The molecule has 8 heteroatoms. The average Bonchev–Trinajstić information content (AvgIpc) is 3.86. The van der Waals surface area contributed by atoms with Crippen molar-refractivity contribution in [3.05, 3.63) is 179 Å². The first-order valence-corrected chi connectivity index (χ1v) is 16.3. The predicted molar refractivity (Wildman–Crippen MR) is 186 cm³/mol. The molecule has 0 radical (unpaired) electrons. The molecule has 8 nitrogen and oxygen atoms in total. The lowest BCUT2D eigenvalue weighted by molar-refractivity contribution is -0.779. The van der Waals surface area contributed by atoms with Crippen molar-refractivity contribution in [3.63, 3.8) is 0 Å². The number of hydrogen-bond donors (Lipinski definition) is 1. The number of tetrazole rings is 1. The van der Waals surface area contributed by atoms with Gasteiger partial charge in [-0.2, -0.15) is 4.63 Å². The van der Waals surface area contributed by atoms with Crippen LogP contribution in [0.15, 0.2) is 146 Å². The van der Waals surface area contributed by atoms with Crippen LogP contribution < -0.4 is 4.68 Å². The minimum absolute atomic E-state index is 0.703. The van der Waals surface area contributed by atoms with Crippen molar-refractivity contribution in [2.45, 2.75) is 32.4 Å². The van der Waals surface area contributed by atoms with Crippen LogP contribution in [0.1, 0.15) is 40.7 Å². The van der Waals surface area contributed by atoms with Gasteiger partial charge in [-0.15, -0.1) is 9.78 Å². The van der Waals surface area contributed by atoms with Crippen molar-refractivity contribution in [1.29, 1.82) is 0 Å². The van der Waals surface area contributed by atoms with Crippen molar-refractivity contribution >= 4 is 5.65 Å². The van der Waals surface area contributed by atoms with E-state index in [4.69, 9.17) is 5.10 Å². The molecule has 234 valence electrons. The largest absolute Gasteiger partial charge is 0.334 e. The van der Waals surface area contributed by atoms with Crippen molar-refractivity contribution < 1.29 is 4.68 Å². The Hall–Kier alpha value is -6.15. The molecule has 0 saturated heterocycles. The highest BCUT2D eigenvalue weighted by molar-refractivity contribution is 5.79. The van der Waals surface area contributed by atoms with Gasteiger partial charge < -0.3 is 0 Å². The molecule has 0 aliphatic rings. The molecule has 0 fully saturated rings. The van der Waals surface area contributed by atoms with Gasteiger partial charge in [-0.1, -0.05) is 146 Å².